The van der Waals surface area contributed by atoms with Crippen LogP contribution < -0.4 is 11.1 Å². The molecule has 37 heavy (non-hydrogen) atoms. The van der Waals surface area contributed by atoms with E-state index in [0.29, 0.717) is 22.7 Å². The van der Waals surface area contributed by atoms with Crippen LogP contribution in [0.2, 0.25) is 0 Å². The first-order valence-electron chi connectivity index (χ1n) is 10.9. The highest BCUT2D eigenvalue weighted by Gasteiger charge is 2.35. The number of hydrogen-bond acceptors (Lipinski definition) is 6. The number of halogens is 3. The fraction of sp³-hybridized carbons (Fsp3) is 0.120. The van der Waals surface area contributed by atoms with Crippen LogP contribution in [0.1, 0.15) is 37.2 Å². The molecule has 188 valence electrons. The molecule has 4 heterocycles. The molecule has 0 bridgehead atoms. The SMILES string of the molecule is Cc1ccc(-c2cc(C(F)(F)F)nc3sc(C(N)=O)c(NC(=O)c4ccc(Cn5cccn5)o4)c23)cc1. The van der Waals surface area contributed by atoms with E-state index < -0.39 is 23.7 Å². The van der Waals surface area contributed by atoms with E-state index in [9.17, 15) is 22.8 Å². The number of carbonyl (C=O) groups excluding carboxylic acids is 2. The van der Waals surface area contributed by atoms with E-state index in [1.807, 2.05) is 6.92 Å². The van der Waals surface area contributed by atoms with Crippen LogP contribution in [0, 0.1) is 6.92 Å². The number of aromatic nitrogens is 3. The number of carbonyl (C=O) groups is 2. The summed E-state index contributed by atoms with van der Waals surface area (Å²) in [4.78, 5) is 28.9. The number of furan rings is 1. The van der Waals surface area contributed by atoms with Crippen molar-refractivity contribution in [1.82, 2.24) is 14.8 Å². The molecule has 0 aliphatic carbocycles. The summed E-state index contributed by atoms with van der Waals surface area (Å²) in [6, 6.07) is 12.5. The van der Waals surface area contributed by atoms with E-state index in [4.69, 9.17) is 10.2 Å². The van der Waals surface area contributed by atoms with E-state index in [2.05, 4.69) is 15.4 Å². The van der Waals surface area contributed by atoms with Crippen molar-refractivity contribution in [3.63, 3.8) is 0 Å². The zero-order valence-corrected chi connectivity index (χ0v) is 20.0. The molecule has 5 aromatic rings. The Morgan fingerprint density at radius 3 is 2.57 bits per heavy atom. The molecule has 0 fully saturated rings. The van der Waals surface area contributed by atoms with Crippen LogP contribution >= 0.6 is 11.3 Å². The zero-order chi connectivity index (χ0) is 26.3. The predicted octanol–water partition coefficient (Wildman–Crippen LogP) is 5.48. The van der Waals surface area contributed by atoms with Gasteiger partial charge in [0.15, 0.2) is 5.76 Å². The third kappa shape index (κ3) is 4.83. The van der Waals surface area contributed by atoms with Crippen LogP contribution in [-0.4, -0.2) is 26.6 Å². The van der Waals surface area contributed by atoms with Gasteiger partial charge in [0.05, 0.1) is 12.2 Å². The van der Waals surface area contributed by atoms with Gasteiger partial charge in [-0.3, -0.25) is 14.3 Å². The lowest BCUT2D eigenvalue weighted by Crippen LogP contribution is -2.16. The number of rotatable bonds is 6. The van der Waals surface area contributed by atoms with Gasteiger partial charge in [0.25, 0.3) is 11.8 Å². The normalized spacial score (nSPS) is 11.7. The number of amides is 2. The van der Waals surface area contributed by atoms with Gasteiger partial charge in [-0.15, -0.1) is 11.3 Å². The minimum Gasteiger partial charge on any atom is -0.454 e. The molecule has 2 amide bonds. The van der Waals surface area contributed by atoms with Crippen molar-refractivity contribution in [3.8, 4) is 11.1 Å². The second kappa shape index (κ2) is 9.21. The number of thiophene rings is 1. The van der Waals surface area contributed by atoms with Crippen molar-refractivity contribution in [2.75, 3.05) is 5.32 Å². The number of nitrogens with zero attached hydrogens (tertiary/aromatic N) is 3. The highest BCUT2D eigenvalue weighted by Crippen LogP contribution is 2.43. The van der Waals surface area contributed by atoms with Crippen LogP contribution in [0.3, 0.4) is 0 Å². The lowest BCUT2D eigenvalue weighted by molar-refractivity contribution is -0.140. The fourth-order valence-electron chi connectivity index (χ4n) is 3.81. The molecule has 0 spiro atoms. The maximum Gasteiger partial charge on any atom is 0.433 e. The van der Waals surface area contributed by atoms with E-state index >= 15 is 0 Å². The molecule has 0 saturated carbocycles. The number of nitrogens with two attached hydrogens (primary N) is 1. The molecular formula is C25H18F3N5O3S. The number of fused-ring (bicyclic) bond motifs is 1. The number of aryl methyl sites for hydroxylation is 1. The summed E-state index contributed by atoms with van der Waals surface area (Å²) in [7, 11) is 0. The van der Waals surface area contributed by atoms with Crippen LogP contribution in [0.4, 0.5) is 18.9 Å². The molecule has 3 N–H and O–H groups in total. The first-order valence-corrected chi connectivity index (χ1v) is 11.7. The summed E-state index contributed by atoms with van der Waals surface area (Å²) in [6.45, 7) is 2.13. The standard InChI is InChI=1S/C25H18F3N5O3S/c1-13-3-5-14(6-4-13)16-11-18(25(26,27)28)31-24-19(16)20(21(37-24)22(29)34)32-23(35)17-8-7-15(36-17)12-33-10-2-9-30-33/h2-11H,12H2,1H3,(H2,29,34)(H,32,35). The molecule has 0 unspecified atom stereocenters. The predicted molar refractivity (Wildman–Crippen MR) is 131 cm³/mol. The average molecular weight is 526 g/mol. The summed E-state index contributed by atoms with van der Waals surface area (Å²) >= 11 is 0.677. The topological polar surface area (TPSA) is 116 Å². The monoisotopic (exact) mass is 525 g/mol. The van der Waals surface area contributed by atoms with Crippen LogP contribution in [0.25, 0.3) is 21.3 Å². The van der Waals surface area contributed by atoms with Crippen molar-refractivity contribution in [2.24, 2.45) is 5.73 Å². The molecule has 0 aliphatic rings. The smallest absolute Gasteiger partial charge is 0.433 e. The van der Waals surface area contributed by atoms with Gasteiger partial charge in [0.1, 0.15) is 21.2 Å². The van der Waals surface area contributed by atoms with Gasteiger partial charge in [-0.25, -0.2) is 4.98 Å². The van der Waals surface area contributed by atoms with Gasteiger partial charge in [-0.2, -0.15) is 18.3 Å². The van der Waals surface area contributed by atoms with E-state index in [1.165, 1.54) is 6.07 Å². The first-order chi connectivity index (χ1) is 17.6. The fourth-order valence-corrected chi connectivity index (χ4v) is 4.82. The minimum absolute atomic E-state index is 0.0284. The Balaban J connectivity index is 1.61. The molecular weight excluding hydrogens is 507 g/mol. The summed E-state index contributed by atoms with van der Waals surface area (Å²) in [5.74, 6) is -1.23. The quantitative estimate of drug-likeness (QED) is 0.305. The molecule has 0 radical (unpaired) electrons. The highest BCUT2D eigenvalue weighted by molar-refractivity contribution is 7.21. The summed E-state index contributed by atoms with van der Waals surface area (Å²) in [5, 5.41) is 6.87. The highest BCUT2D eigenvalue weighted by atomic mass is 32.1. The lowest BCUT2D eigenvalue weighted by Gasteiger charge is -2.12. The largest absolute Gasteiger partial charge is 0.454 e. The van der Waals surface area contributed by atoms with E-state index in [1.54, 1.807) is 53.5 Å². The molecule has 4 aromatic heterocycles. The number of anilines is 1. The molecule has 12 heteroatoms. The first kappa shape index (κ1) is 24.3. The lowest BCUT2D eigenvalue weighted by atomic mass is 10.00. The third-order valence-electron chi connectivity index (χ3n) is 5.54. The van der Waals surface area contributed by atoms with Gasteiger partial charge in [-0.05, 0) is 42.3 Å². The number of hydrogen-bond donors (Lipinski definition) is 2. The number of alkyl halides is 3. The zero-order valence-electron chi connectivity index (χ0n) is 19.2. The second-order valence-electron chi connectivity index (χ2n) is 8.19. The van der Waals surface area contributed by atoms with Crippen molar-refractivity contribution in [1.29, 1.82) is 0 Å². The molecule has 1 aromatic carbocycles. The Bertz CT molecular complexity index is 1620. The Kier molecular flexibility index (Phi) is 6.04. The van der Waals surface area contributed by atoms with E-state index in [-0.39, 0.29) is 38.6 Å². The number of nitrogens with one attached hydrogen (secondary N) is 1. The molecule has 0 atom stereocenters. The summed E-state index contributed by atoms with van der Waals surface area (Å²) < 4.78 is 48.2. The Morgan fingerprint density at radius 1 is 1.16 bits per heavy atom. The molecule has 5 rings (SSSR count). The number of pyridine rings is 1. The maximum atomic E-state index is 13.7. The van der Waals surface area contributed by atoms with Crippen LogP contribution in [0.5, 0.6) is 0 Å². The van der Waals surface area contributed by atoms with Gasteiger partial charge in [0, 0.05) is 17.8 Å². The summed E-state index contributed by atoms with van der Waals surface area (Å²) in [6.07, 6.45) is -1.39. The molecule has 8 nitrogen and oxygen atoms in total. The third-order valence-corrected chi connectivity index (χ3v) is 6.64. The van der Waals surface area contributed by atoms with Gasteiger partial charge >= 0.3 is 6.18 Å². The Morgan fingerprint density at radius 2 is 1.92 bits per heavy atom. The van der Waals surface area contributed by atoms with Crippen LogP contribution in [0.15, 0.2) is 65.3 Å². The van der Waals surface area contributed by atoms with Crippen LogP contribution in [-0.2, 0) is 12.7 Å². The molecule has 0 saturated heterocycles. The van der Waals surface area contributed by atoms with Gasteiger partial charge in [-0.1, -0.05) is 29.8 Å². The average Bonchev–Trinajstić information content (AvgIpc) is 3.59. The van der Waals surface area contributed by atoms with Crippen molar-refractivity contribution < 1.29 is 27.2 Å². The Labute approximate surface area is 211 Å². The van der Waals surface area contributed by atoms with Gasteiger partial charge < -0.3 is 15.5 Å². The maximum absolute atomic E-state index is 13.7. The summed E-state index contributed by atoms with van der Waals surface area (Å²) in [5.41, 5.74) is 5.90. The number of benzene rings is 1. The van der Waals surface area contributed by atoms with Crippen molar-refractivity contribution in [2.45, 2.75) is 19.6 Å². The van der Waals surface area contributed by atoms with Crippen molar-refractivity contribution in [3.05, 3.63) is 88.6 Å². The van der Waals surface area contributed by atoms with E-state index in [0.717, 1.165) is 11.6 Å². The van der Waals surface area contributed by atoms with Gasteiger partial charge in [0.2, 0.25) is 0 Å². The number of primary amides is 1. The molecule has 0 aliphatic heterocycles. The minimum atomic E-state index is -4.73. The second-order valence-corrected chi connectivity index (χ2v) is 9.19. The van der Waals surface area contributed by atoms with Crippen molar-refractivity contribution >= 4 is 39.1 Å². The Hall–Kier alpha value is -4.45.